The maximum Gasteiger partial charge on any atom is 0.257 e. The number of hydrogen-bond donors (Lipinski definition) is 2. The molecule has 1 amide bonds. The van der Waals surface area contributed by atoms with E-state index in [0.717, 1.165) is 37.1 Å². The van der Waals surface area contributed by atoms with Crippen LogP contribution >= 0.6 is 0 Å². The first kappa shape index (κ1) is 20.8. The van der Waals surface area contributed by atoms with Gasteiger partial charge in [0.15, 0.2) is 0 Å². The minimum Gasteiger partial charge on any atom is -0.371 e. The second kappa shape index (κ2) is 7.81. The highest BCUT2D eigenvalue weighted by Gasteiger charge is 2.44. The summed E-state index contributed by atoms with van der Waals surface area (Å²) in [5, 5.41) is 7.26. The summed E-state index contributed by atoms with van der Waals surface area (Å²) in [5.74, 6) is -0.249. The molecule has 2 aliphatic rings. The van der Waals surface area contributed by atoms with Gasteiger partial charge in [0.05, 0.1) is 40.1 Å². The number of pyridine rings is 1. The van der Waals surface area contributed by atoms with Crippen molar-refractivity contribution in [3.8, 4) is 0 Å². The number of hydrogen-bond acceptors (Lipinski definition) is 5. The van der Waals surface area contributed by atoms with Gasteiger partial charge < -0.3 is 10.2 Å². The fourth-order valence-corrected chi connectivity index (χ4v) is 5.05. The summed E-state index contributed by atoms with van der Waals surface area (Å²) in [5.41, 5.74) is 3.69. The maximum atomic E-state index is 13.3. The second-order valence-corrected chi connectivity index (χ2v) is 10.8. The zero-order valence-corrected chi connectivity index (χ0v) is 18.9. The van der Waals surface area contributed by atoms with Crippen molar-refractivity contribution in [1.29, 1.82) is 0 Å². The quantitative estimate of drug-likeness (QED) is 0.593. The van der Waals surface area contributed by atoms with E-state index in [4.69, 9.17) is 0 Å². The van der Waals surface area contributed by atoms with Gasteiger partial charge in [0.2, 0.25) is 10.0 Å². The number of nitrogens with zero attached hydrogens (tertiary/aromatic N) is 3. The minimum atomic E-state index is -3.41. The number of rotatable bonds is 6. The van der Waals surface area contributed by atoms with E-state index in [1.165, 1.54) is 12.8 Å². The number of sulfonamides is 1. The van der Waals surface area contributed by atoms with Gasteiger partial charge >= 0.3 is 0 Å². The standard InChI is InChI=1S/C23H27N5O3S/c1-2-32(30,31)26-17-6-7-18(21(15-17)27-13-10-23(8-9-23)11-14-27)22(29)25-19-16-24-28-12-4-3-5-20(19)28/h3-7,12,15-16,26H,2,8-11,13-14H2,1H3,(H,25,29). The van der Waals surface area contributed by atoms with Crippen LogP contribution in [0.3, 0.4) is 0 Å². The van der Waals surface area contributed by atoms with E-state index in [0.29, 0.717) is 22.4 Å². The van der Waals surface area contributed by atoms with Gasteiger partial charge in [-0.25, -0.2) is 12.9 Å². The number of piperidine rings is 1. The van der Waals surface area contributed by atoms with Crippen molar-refractivity contribution in [3.63, 3.8) is 0 Å². The molecule has 0 unspecified atom stereocenters. The van der Waals surface area contributed by atoms with Crippen LogP contribution in [-0.2, 0) is 10.0 Å². The molecule has 168 valence electrons. The Morgan fingerprint density at radius 2 is 1.91 bits per heavy atom. The number of benzene rings is 1. The summed E-state index contributed by atoms with van der Waals surface area (Å²) in [6, 6.07) is 10.8. The van der Waals surface area contributed by atoms with Crippen molar-refractivity contribution >= 4 is 38.5 Å². The van der Waals surface area contributed by atoms with E-state index in [1.807, 2.05) is 24.4 Å². The van der Waals surface area contributed by atoms with Gasteiger partial charge in [-0.1, -0.05) is 6.07 Å². The molecule has 0 atom stereocenters. The molecule has 1 spiro atoms. The van der Waals surface area contributed by atoms with E-state index in [-0.39, 0.29) is 11.7 Å². The summed E-state index contributed by atoms with van der Waals surface area (Å²) in [4.78, 5) is 15.5. The van der Waals surface area contributed by atoms with Crippen LogP contribution in [0.25, 0.3) is 5.52 Å². The van der Waals surface area contributed by atoms with E-state index < -0.39 is 10.0 Å². The SMILES string of the molecule is CCS(=O)(=O)Nc1ccc(C(=O)Nc2cnn3ccccc23)c(N2CCC3(CC2)CC3)c1. The smallest absolute Gasteiger partial charge is 0.257 e. The van der Waals surface area contributed by atoms with Crippen molar-refractivity contribution in [3.05, 3.63) is 54.4 Å². The number of nitrogens with one attached hydrogen (secondary N) is 2. The van der Waals surface area contributed by atoms with Crippen LogP contribution in [-0.4, -0.2) is 42.8 Å². The molecule has 2 N–H and O–H groups in total. The molecular formula is C23H27N5O3S. The van der Waals surface area contributed by atoms with Crippen molar-refractivity contribution in [1.82, 2.24) is 9.61 Å². The monoisotopic (exact) mass is 453 g/mol. The largest absolute Gasteiger partial charge is 0.371 e. The van der Waals surface area contributed by atoms with Crippen LogP contribution < -0.4 is 14.9 Å². The van der Waals surface area contributed by atoms with Crippen molar-refractivity contribution < 1.29 is 13.2 Å². The van der Waals surface area contributed by atoms with Gasteiger partial charge in [-0.2, -0.15) is 5.10 Å². The fraction of sp³-hybridized carbons (Fsp3) is 0.391. The van der Waals surface area contributed by atoms with Crippen LogP contribution in [0.4, 0.5) is 17.1 Å². The Bertz CT molecular complexity index is 1270. The molecule has 1 aliphatic carbocycles. The number of carbonyl (C=O) groups excluding carboxylic acids is 1. The summed E-state index contributed by atoms with van der Waals surface area (Å²) >= 11 is 0. The number of fused-ring (bicyclic) bond motifs is 1. The Balaban J connectivity index is 1.46. The summed E-state index contributed by atoms with van der Waals surface area (Å²) < 4.78 is 28.5. The van der Waals surface area contributed by atoms with E-state index >= 15 is 0 Å². The van der Waals surface area contributed by atoms with Gasteiger partial charge in [0.25, 0.3) is 5.91 Å². The Morgan fingerprint density at radius 1 is 1.12 bits per heavy atom. The lowest BCUT2D eigenvalue weighted by Crippen LogP contribution is -2.35. The molecule has 32 heavy (non-hydrogen) atoms. The Hall–Kier alpha value is -3.07. The predicted octanol–water partition coefficient (Wildman–Crippen LogP) is 3.73. The second-order valence-electron chi connectivity index (χ2n) is 8.77. The molecule has 2 fully saturated rings. The molecule has 2 aromatic heterocycles. The molecule has 3 heterocycles. The lowest BCUT2D eigenvalue weighted by Gasteiger charge is -2.35. The van der Waals surface area contributed by atoms with Crippen LogP contribution in [0.5, 0.6) is 0 Å². The minimum absolute atomic E-state index is 0.00840. The molecule has 3 aromatic rings. The third-order valence-electron chi connectivity index (χ3n) is 6.69. The number of carbonyl (C=O) groups is 1. The van der Waals surface area contributed by atoms with Crippen LogP contribution in [0, 0.1) is 5.41 Å². The predicted molar refractivity (Wildman–Crippen MR) is 126 cm³/mol. The molecular weight excluding hydrogens is 426 g/mol. The van der Waals surface area contributed by atoms with Crippen LogP contribution in [0.15, 0.2) is 48.8 Å². The molecule has 1 saturated heterocycles. The molecule has 0 bridgehead atoms. The third kappa shape index (κ3) is 4.04. The first-order valence-electron chi connectivity index (χ1n) is 11.0. The molecule has 1 aliphatic heterocycles. The van der Waals surface area contributed by atoms with E-state index in [2.05, 4.69) is 20.0 Å². The lowest BCUT2D eigenvalue weighted by atomic mass is 9.93. The molecule has 0 radical (unpaired) electrons. The first-order valence-corrected chi connectivity index (χ1v) is 12.7. The van der Waals surface area contributed by atoms with Crippen LogP contribution in [0.1, 0.15) is 43.0 Å². The molecule has 1 aromatic carbocycles. The molecule has 1 saturated carbocycles. The fourth-order valence-electron chi connectivity index (χ4n) is 4.42. The van der Waals surface area contributed by atoms with Gasteiger partial charge in [-0.3, -0.25) is 9.52 Å². The summed E-state index contributed by atoms with van der Waals surface area (Å²) in [7, 11) is -3.41. The van der Waals surface area contributed by atoms with Gasteiger partial charge in [-0.05, 0) is 68.4 Å². The van der Waals surface area contributed by atoms with Gasteiger partial charge in [-0.15, -0.1) is 0 Å². The average Bonchev–Trinajstić information content (AvgIpc) is 3.43. The Morgan fingerprint density at radius 3 is 2.62 bits per heavy atom. The first-order chi connectivity index (χ1) is 15.4. The van der Waals surface area contributed by atoms with Gasteiger partial charge in [0, 0.05) is 19.3 Å². The van der Waals surface area contributed by atoms with Crippen molar-refractivity contribution in [2.45, 2.75) is 32.6 Å². The summed E-state index contributed by atoms with van der Waals surface area (Å²) in [6.07, 6.45) is 8.25. The zero-order valence-electron chi connectivity index (χ0n) is 18.0. The molecule has 5 rings (SSSR count). The molecule has 8 nitrogen and oxygen atoms in total. The highest BCUT2D eigenvalue weighted by molar-refractivity contribution is 7.92. The maximum absolute atomic E-state index is 13.3. The summed E-state index contributed by atoms with van der Waals surface area (Å²) in [6.45, 7) is 3.32. The van der Waals surface area contributed by atoms with Crippen molar-refractivity contribution in [2.75, 3.05) is 33.8 Å². The number of amides is 1. The highest BCUT2D eigenvalue weighted by Crippen LogP contribution is 2.54. The highest BCUT2D eigenvalue weighted by atomic mass is 32.2. The lowest BCUT2D eigenvalue weighted by molar-refractivity contribution is 0.102. The van der Waals surface area contributed by atoms with Crippen LogP contribution in [0.2, 0.25) is 0 Å². The Labute approximate surface area is 187 Å². The zero-order chi connectivity index (χ0) is 22.3. The third-order valence-corrected chi connectivity index (χ3v) is 8.00. The number of anilines is 3. The van der Waals surface area contributed by atoms with Gasteiger partial charge in [0.1, 0.15) is 0 Å². The Kier molecular flexibility index (Phi) is 5.08. The molecule has 9 heteroatoms. The van der Waals surface area contributed by atoms with E-state index in [9.17, 15) is 13.2 Å². The average molecular weight is 454 g/mol. The van der Waals surface area contributed by atoms with E-state index in [1.54, 1.807) is 35.8 Å². The normalized spacial score (nSPS) is 17.5. The number of aromatic nitrogens is 2. The topological polar surface area (TPSA) is 95.8 Å². The van der Waals surface area contributed by atoms with Crippen molar-refractivity contribution in [2.24, 2.45) is 5.41 Å².